The number of hydrogen-bond donors (Lipinski definition) is 1. The monoisotopic (exact) mass is 183 g/mol. The maximum Gasteiger partial charge on any atom is 0.223 e. The van der Waals surface area contributed by atoms with Crippen LogP contribution in [0.25, 0.3) is 0 Å². The molecule has 0 bridgehead atoms. The van der Waals surface area contributed by atoms with Crippen LogP contribution >= 0.6 is 0 Å². The molecule has 0 heterocycles. The lowest BCUT2D eigenvalue weighted by atomic mass is 9.98. The van der Waals surface area contributed by atoms with E-state index in [9.17, 15) is 4.79 Å². The topological polar surface area (TPSA) is 29.1 Å². The van der Waals surface area contributed by atoms with Crippen molar-refractivity contribution >= 4 is 5.91 Å². The third-order valence-corrected chi connectivity index (χ3v) is 2.69. The van der Waals surface area contributed by atoms with Crippen molar-refractivity contribution in [3.05, 3.63) is 0 Å². The van der Waals surface area contributed by atoms with Crippen molar-refractivity contribution in [1.82, 2.24) is 5.32 Å². The fraction of sp³-hybridized carbons (Fsp3) is 0.909. The van der Waals surface area contributed by atoms with Crippen molar-refractivity contribution < 1.29 is 4.79 Å². The third-order valence-electron chi connectivity index (χ3n) is 2.69. The number of nitrogens with one attached hydrogen (secondary N) is 1. The van der Waals surface area contributed by atoms with Crippen LogP contribution in [0.3, 0.4) is 0 Å². The van der Waals surface area contributed by atoms with Gasteiger partial charge in [0.15, 0.2) is 0 Å². The number of amides is 1. The van der Waals surface area contributed by atoms with Crippen LogP contribution < -0.4 is 5.32 Å². The van der Waals surface area contributed by atoms with E-state index in [1.807, 2.05) is 0 Å². The van der Waals surface area contributed by atoms with Crippen molar-refractivity contribution in [2.75, 3.05) is 0 Å². The molecule has 0 aromatic carbocycles. The van der Waals surface area contributed by atoms with Crippen LogP contribution in [0.1, 0.15) is 52.4 Å². The van der Waals surface area contributed by atoms with E-state index in [2.05, 4.69) is 19.2 Å². The van der Waals surface area contributed by atoms with Gasteiger partial charge in [-0.1, -0.05) is 26.7 Å². The SMILES string of the molecule is CCCCC(CC)C(=O)NC1CC1. The smallest absolute Gasteiger partial charge is 0.223 e. The minimum atomic E-state index is 0.264. The van der Waals surface area contributed by atoms with Crippen molar-refractivity contribution in [1.29, 1.82) is 0 Å². The Morgan fingerprint density at radius 3 is 2.62 bits per heavy atom. The molecule has 0 radical (unpaired) electrons. The summed E-state index contributed by atoms with van der Waals surface area (Å²) in [6, 6.07) is 0.517. The predicted molar refractivity (Wildman–Crippen MR) is 54.5 cm³/mol. The number of carbonyl (C=O) groups is 1. The molecule has 1 unspecified atom stereocenters. The molecule has 0 aromatic rings. The highest BCUT2D eigenvalue weighted by atomic mass is 16.2. The lowest BCUT2D eigenvalue weighted by Gasteiger charge is -2.13. The summed E-state index contributed by atoms with van der Waals surface area (Å²) in [5, 5.41) is 3.07. The molecule has 1 aliphatic carbocycles. The molecule has 1 fully saturated rings. The Morgan fingerprint density at radius 1 is 1.46 bits per heavy atom. The summed E-state index contributed by atoms with van der Waals surface area (Å²) in [6.45, 7) is 4.28. The minimum Gasteiger partial charge on any atom is -0.353 e. The minimum absolute atomic E-state index is 0.264. The molecule has 76 valence electrons. The summed E-state index contributed by atoms with van der Waals surface area (Å²) in [5.74, 6) is 0.555. The second-order valence-electron chi connectivity index (χ2n) is 4.03. The van der Waals surface area contributed by atoms with Crippen LogP contribution in [-0.2, 0) is 4.79 Å². The number of carbonyl (C=O) groups excluding carboxylic acids is 1. The summed E-state index contributed by atoms with van der Waals surface area (Å²) < 4.78 is 0. The zero-order chi connectivity index (χ0) is 9.68. The summed E-state index contributed by atoms with van der Waals surface area (Å²) in [7, 11) is 0. The second kappa shape index (κ2) is 5.25. The van der Waals surface area contributed by atoms with Gasteiger partial charge in [0, 0.05) is 12.0 Å². The Bertz CT molecular complexity index is 163. The van der Waals surface area contributed by atoms with Crippen LogP contribution in [0.15, 0.2) is 0 Å². The lowest BCUT2D eigenvalue weighted by Crippen LogP contribution is -2.32. The molecule has 1 aliphatic rings. The lowest BCUT2D eigenvalue weighted by molar-refractivity contribution is -0.125. The van der Waals surface area contributed by atoms with Crippen molar-refractivity contribution in [3.8, 4) is 0 Å². The first-order chi connectivity index (χ1) is 6.27. The molecule has 1 rings (SSSR count). The average molecular weight is 183 g/mol. The molecule has 0 aromatic heterocycles. The van der Waals surface area contributed by atoms with E-state index in [-0.39, 0.29) is 5.92 Å². The Morgan fingerprint density at radius 2 is 2.15 bits per heavy atom. The number of rotatable bonds is 6. The fourth-order valence-corrected chi connectivity index (χ4v) is 1.52. The van der Waals surface area contributed by atoms with E-state index in [1.165, 1.54) is 25.7 Å². The van der Waals surface area contributed by atoms with Crippen LogP contribution in [0.2, 0.25) is 0 Å². The van der Waals surface area contributed by atoms with E-state index in [0.29, 0.717) is 11.9 Å². The van der Waals surface area contributed by atoms with E-state index in [0.717, 1.165) is 12.8 Å². The molecule has 1 atom stereocenters. The highest BCUT2D eigenvalue weighted by molar-refractivity contribution is 5.79. The van der Waals surface area contributed by atoms with Gasteiger partial charge in [0.25, 0.3) is 0 Å². The van der Waals surface area contributed by atoms with E-state index in [1.54, 1.807) is 0 Å². The maximum atomic E-state index is 11.6. The van der Waals surface area contributed by atoms with E-state index >= 15 is 0 Å². The first-order valence-corrected chi connectivity index (χ1v) is 5.58. The highest BCUT2D eigenvalue weighted by Gasteiger charge is 2.26. The van der Waals surface area contributed by atoms with Gasteiger partial charge in [0.05, 0.1) is 0 Å². The highest BCUT2D eigenvalue weighted by Crippen LogP contribution is 2.21. The van der Waals surface area contributed by atoms with Crippen molar-refractivity contribution in [3.63, 3.8) is 0 Å². The standard InChI is InChI=1S/C11H21NO/c1-3-5-6-9(4-2)11(13)12-10-7-8-10/h9-10H,3-8H2,1-2H3,(H,12,13). The Labute approximate surface area is 81.1 Å². The first-order valence-electron chi connectivity index (χ1n) is 5.58. The van der Waals surface area contributed by atoms with Crippen LogP contribution in [0.5, 0.6) is 0 Å². The maximum absolute atomic E-state index is 11.6. The molecule has 2 heteroatoms. The predicted octanol–water partition coefficient (Wildman–Crippen LogP) is 2.48. The normalized spacial score (nSPS) is 18.3. The Hall–Kier alpha value is -0.530. The molecule has 1 N–H and O–H groups in total. The van der Waals surface area contributed by atoms with Gasteiger partial charge in [-0.15, -0.1) is 0 Å². The largest absolute Gasteiger partial charge is 0.353 e. The summed E-state index contributed by atoms with van der Waals surface area (Å²) in [5.41, 5.74) is 0. The Kier molecular flexibility index (Phi) is 4.26. The van der Waals surface area contributed by atoms with Crippen LogP contribution in [0.4, 0.5) is 0 Å². The van der Waals surface area contributed by atoms with Gasteiger partial charge in [-0.3, -0.25) is 4.79 Å². The molecule has 1 amide bonds. The van der Waals surface area contributed by atoms with E-state index < -0.39 is 0 Å². The van der Waals surface area contributed by atoms with Gasteiger partial charge < -0.3 is 5.32 Å². The van der Waals surface area contributed by atoms with Gasteiger partial charge in [0.2, 0.25) is 5.91 Å². The van der Waals surface area contributed by atoms with Crippen molar-refractivity contribution in [2.24, 2.45) is 5.92 Å². The summed E-state index contributed by atoms with van der Waals surface area (Å²) in [4.78, 5) is 11.6. The summed E-state index contributed by atoms with van der Waals surface area (Å²) in [6.07, 6.45) is 6.79. The van der Waals surface area contributed by atoms with Crippen LogP contribution in [-0.4, -0.2) is 11.9 Å². The Balaban J connectivity index is 2.21. The zero-order valence-electron chi connectivity index (χ0n) is 8.81. The number of unbranched alkanes of at least 4 members (excludes halogenated alkanes) is 1. The first kappa shape index (κ1) is 10.6. The molecular formula is C11H21NO. The van der Waals surface area contributed by atoms with Crippen molar-refractivity contribution in [2.45, 2.75) is 58.4 Å². The fourth-order valence-electron chi connectivity index (χ4n) is 1.52. The molecule has 0 aliphatic heterocycles. The van der Waals surface area contributed by atoms with Crippen LogP contribution in [0, 0.1) is 5.92 Å². The number of hydrogen-bond acceptors (Lipinski definition) is 1. The molecule has 2 nitrogen and oxygen atoms in total. The summed E-state index contributed by atoms with van der Waals surface area (Å²) >= 11 is 0. The van der Waals surface area contributed by atoms with Gasteiger partial charge in [-0.2, -0.15) is 0 Å². The van der Waals surface area contributed by atoms with E-state index in [4.69, 9.17) is 0 Å². The zero-order valence-corrected chi connectivity index (χ0v) is 8.81. The molecule has 13 heavy (non-hydrogen) atoms. The molecule has 0 saturated heterocycles. The molecule has 0 spiro atoms. The quantitative estimate of drug-likeness (QED) is 0.673. The van der Waals surface area contributed by atoms with Gasteiger partial charge >= 0.3 is 0 Å². The molecule has 1 saturated carbocycles. The average Bonchev–Trinajstić information content (AvgIpc) is 2.90. The van der Waals surface area contributed by atoms with Gasteiger partial charge in [-0.25, -0.2) is 0 Å². The third kappa shape index (κ3) is 3.79. The van der Waals surface area contributed by atoms with Gasteiger partial charge in [0.1, 0.15) is 0 Å². The molecular weight excluding hydrogens is 162 g/mol. The second-order valence-corrected chi connectivity index (χ2v) is 4.03. The van der Waals surface area contributed by atoms with Gasteiger partial charge in [-0.05, 0) is 25.7 Å².